The molecule has 0 radical (unpaired) electrons. The minimum absolute atomic E-state index is 0.0345. The van der Waals surface area contributed by atoms with Crippen LogP contribution in [-0.2, 0) is 11.3 Å². The van der Waals surface area contributed by atoms with E-state index in [1.165, 1.54) is 0 Å². The first-order chi connectivity index (χ1) is 8.15. The number of carboxylic acid groups (broad SMARTS) is 1. The second kappa shape index (κ2) is 6.85. The second-order valence-electron chi connectivity index (χ2n) is 3.78. The predicted octanol–water partition coefficient (Wildman–Crippen LogP) is 1.39. The molecule has 1 rings (SSSR count). The maximum atomic E-state index is 10.7. The van der Waals surface area contributed by atoms with Crippen molar-refractivity contribution in [2.24, 2.45) is 0 Å². The van der Waals surface area contributed by atoms with E-state index >= 15 is 0 Å². The summed E-state index contributed by atoms with van der Waals surface area (Å²) in [6.45, 7) is 3.32. The Morgan fingerprint density at radius 3 is 2.88 bits per heavy atom. The van der Waals surface area contributed by atoms with Crippen molar-refractivity contribution in [3.05, 3.63) is 23.9 Å². The van der Waals surface area contributed by atoms with Crippen LogP contribution >= 0.6 is 0 Å². The molecule has 0 atom stereocenters. The van der Waals surface area contributed by atoms with Crippen molar-refractivity contribution in [2.75, 3.05) is 20.2 Å². The van der Waals surface area contributed by atoms with Gasteiger partial charge in [-0.2, -0.15) is 0 Å². The summed E-state index contributed by atoms with van der Waals surface area (Å²) in [6.07, 6.45) is 0.914. The van der Waals surface area contributed by atoms with Crippen molar-refractivity contribution in [2.45, 2.75) is 19.9 Å². The molecule has 0 aliphatic carbocycles. The zero-order valence-corrected chi connectivity index (χ0v) is 10.2. The molecule has 1 aromatic heterocycles. The number of nitrogens with zero attached hydrogens (tertiary/aromatic N) is 2. The zero-order chi connectivity index (χ0) is 12.7. The maximum Gasteiger partial charge on any atom is 0.317 e. The number of carboxylic acids is 1. The summed E-state index contributed by atoms with van der Waals surface area (Å²) in [4.78, 5) is 16.8. The van der Waals surface area contributed by atoms with Crippen LogP contribution in [0, 0.1) is 0 Å². The van der Waals surface area contributed by atoms with Crippen LogP contribution in [0.1, 0.15) is 19.0 Å². The molecule has 94 valence electrons. The lowest BCUT2D eigenvalue weighted by Crippen LogP contribution is -2.30. The Morgan fingerprint density at radius 2 is 2.29 bits per heavy atom. The summed E-state index contributed by atoms with van der Waals surface area (Å²) < 4.78 is 5.03. The maximum absolute atomic E-state index is 10.7. The highest BCUT2D eigenvalue weighted by molar-refractivity contribution is 5.69. The molecular weight excluding hydrogens is 220 g/mol. The van der Waals surface area contributed by atoms with Crippen molar-refractivity contribution in [3.8, 4) is 5.88 Å². The first kappa shape index (κ1) is 13.4. The summed E-state index contributed by atoms with van der Waals surface area (Å²) in [7, 11) is 1.56. The lowest BCUT2D eigenvalue weighted by atomic mass is 10.3. The van der Waals surface area contributed by atoms with E-state index in [9.17, 15) is 4.79 Å². The van der Waals surface area contributed by atoms with E-state index in [1.807, 2.05) is 24.0 Å². The van der Waals surface area contributed by atoms with Gasteiger partial charge in [-0.15, -0.1) is 0 Å². The Kier molecular flexibility index (Phi) is 5.42. The molecule has 17 heavy (non-hydrogen) atoms. The van der Waals surface area contributed by atoms with E-state index in [4.69, 9.17) is 9.84 Å². The van der Waals surface area contributed by atoms with Crippen LogP contribution in [0.5, 0.6) is 5.88 Å². The summed E-state index contributed by atoms with van der Waals surface area (Å²) in [5.41, 5.74) is 0.819. The molecule has 0 fully saturated rings. The lowest BCUT2D eigenvalue weighted by Gasteiger charge is -2.18. The first-order valence-corrected chi connectivity index (χ1v) is 5.59. The molecule has 0 unspecified atom stereocenters. The number of carbonyl (C=O) groups is 1. The lowest BCUT2D eigenvalue weighted by molar-refractivity contribution is -0.138. The average molecular weight is 238 g/mol. The molecule has 0 saturated heterocycles. The minimum atomic E-state index is -0.818. The van der Waals surface area contributed by atoms with Gasteiger partial charge in [0.2, 0.25) is 5.88 Å². The number of aromatic nitrogens is 1. The Bertz CT molecular complexity index is 369. The van der Waals surface area contributed by atoms with E-state index in [0.29, 0.717) is 12.4 Å². The van der Waals surface area contributed by atoms with Gasteiger partial charge in [0.25, 0.3) is 0 Å². The van der Waals surface area contributed by atoms with Crippen LogP contribution < -0.4 is 4.74 Å². The van der Waals surface area contributed by atoms with Gasteiger partial charge in [0.05, 0.1) is 19.3 Å². The fourth-order valence-electron chi connectivity index (χ4n) is 1.61. The second-order valence-corrected chi connectivity index (χ2v) is 3.78. The number of aliphatic carboxylic acids is 1. The quantitative estimate of drug-likeness (QED) is 0.777. The molecule has 1 N–H and O–H groups in total. The highest BCUT2D eigenvalue weighted by Gasteiger charge is 2.10. The Hall–Kier alpha value is -1.62. The van der Waals surface area contributed by atoms with Gasteiger partial charge in [-0.05, 0) is 19.0 Å². The molecule has 5 heteroatoms. The van der Waals surface area contributed by atoms with Crippen molar-refractivity contribution in [1.82, 2.24) is 9.88 Å². The van der Waals surface area contributed by atoms with Crippen LogP contribution in [0.15, 0.2) is 18.2 Å². The monoisotopic (exact) mass is 238 g/mol. The van der Waals surface area contributed by atoms with Crippen LogP contribution in [0.2, 0.25) is 0 Å². The van der Waals surface area contributed by atoms with E-state index in [-0.39, 0.29) is 6.54 Å². The van der Waals surface area contributed by atoms with E-state index in [0.717, 1.165) is 18.7 Å². The molecule has 0 aromatic carbocycles. The van der Waals surface area contributed by atoms with E-state index in [2.05, 4.69) is 4.98 Å². The van der Waals surface area contributed by atoms with Crippen molar-refractivity contribution in [3.63, 3.8) is 0 Å². The van der Waals surface area contributed by atoms with Crippen molar-refractivity contribution >= 4 is 5.97 Å². The summed E-state index contributed by atoms with van der Waals surface area (Å²) >= 11 is 0. The van der Waals surface area contributed by atoms with E-state index < -0.39 is 5.97 Å². The van der Waals surface area contributed by atoms with Crippen LogP contribution in [0.25, 0.3) is 0 Å². The van der Waals surface area contributed by atoms with Crippen LogP contribution in [0.4, 0.5) is 0 Å². The number of pyridine rings is 1. The van der Waals surface area contributed by atoms with Gasteiger partial charge in [0.1, 0.15) is 0 Å². The molecule has 0 aliphatic rings. The first-order valence-electron chi connectivity index (χ1n) is 5.59. The van der Waals surface area contributed by atoms with Gasteiger partial charge in [-0.25, -0.2) is 4.98 Å². The van der Waals surface area contributed by atoms with Gasteiger partial charge in [0, 0.05) is 12.6 Å². The largest absolute Gasteiger partial charge is 0.481 e. The standard InChI is InChI=1S/C12H18N2O3/c1-3-7-14(9-12(15)16)8-10-5-4-6-11(13-10)17-2/h4-6H,3,7-9H2,1-2H3,(H,15,16). The molecule has 1 aromatic rings. The number of hydrogen-bond donors (Lipinski definition) is 1. The van der Waals surface area contributed by atoms with Gasteiger partial charge >= 0.3 is 5.97 Å². The van der Waals surface area contributed by atoms with Gasteiger partial charge in [0.15, 0.2) is 0 Å². The summed E-state index contributed by atoms with van der Waals surface area (Å²) in [5, 5.41) is 8.80. The minimum Gasteiger partial charge on any atom is -0.481 e. The number of methoxy groups -OCH3 is 1. The highest BCUT2D eigenvalue weighted by atomic mass is 16.5. The fraction of sp³-hybridized carbons (Fsp3) is 0.500. The highest BCUT2D eigenvalue weighted by Crippen LogP contribution is 2.09. The molecule has 0 bridgehead atoms. The SMILES string of the molecule is CCCN(CC(=O)O)Cc1cccc(OC)n1. The molecule has 0 spiro atoms. The molecule has 0 amide bonds. The molecule has 0 aliphatic heterocycles. The van der Waals surface area contributed by atoms with Gasteiger partial charge in [-0.1, -0.05) is 13.0 Å². The number of rotatable bonds is 7. The van der Waals surface area contributed by atoms with Crippen LogP contribution in [0.3, 0.4) is 0 Å². The number of ether oxygens (including phenoxy) is 1. The third-order valence-electron chi connectivity index (χ3n) is 2.27. The Labute approximate surface area is 101 Å². The van der Waals surface area contributed by atoms with Gasteiger partial charge < -0.3 is 9.84 Å². The molecular formula is C12H18N2O3. The summed E-state index contributed by atoms with van der Waals surface area (Å²) in [6, 6.07) is 5.49. The topological polar surface area (TPSA) is 62.7 Å². The number of hydrogen-bond acceptors (Lipinski definition) is 4. The van der Waals surface area contributed by atoms with Crippen molar-refractivity contribution < 1.29 is 14.6 Å². The molecule has 0 saturated carbocycles. The smallest absolute Gasteiger partial charge is 0.317 e. The fourth-order valence-corrected chi connectivity index (χ4v) is 1.61. The van der Waals surface area contributed by atoms with Crippen LogP contribution in [-0.4, -0.2) is 41.2 Å². The average Bonchev–Trinajstić information content (AvgIpc) is 2.29. The van der Waals surface area contributed by atoms with Crippen molar-refractivity contribution in [1.29, 1.82) is 0 Å². The van der Waals surface area contributed by atoms with E-state index in [1.54, 1.807) is 13.2 Å². The van der Waals surface area contributed by atoms with Gasteiger partial charge in [-0.3, -0.25) is 9.69 Å². The third-order valence-corrected chi connectivity index (χ3v) is 2.27. The Morgan fingerprint density at radius 1 is 1.53 bits per heavy atom. The predicted molar refractivity (Wildman–Crippen MR) is 64.0 cm³/mol. The molecule has 5 nitrogen and oxygen atoms in total. The Balaban J connectivity index is 2.67. The normalized spacial score (nSPS) is 10.5. The third kappa shape index (κ3) is 4.82. The summed E-state index contributed by atoms with van der Waals surface area (Å²) in [5.74, 6) is -0.268. The molecule has 1 heterocycles. The zero-order valence-electron chi connectivity index (χ0n) is 10.2.